The van der Waals surface area contributed by atoms with Crippen molar-refractivity contribution >= 4 is 11.7 Å². The number of amides is 1. The third kappa shape index (κ3) is 3.94. The van der Waals surface area contributed by atoms with E-state index in [1.54, 1.807) is 16.8 Å². The Labute approximate surface area is 179 Å². The first-order valence-corrected chi connectivity index (χ1v) is 10.6. The van der Waals surface area contributed by atoms with E-state index in [1.165, 1.54) is 4.90 Å². The highest BCUT2D eigenvalue weighted by molar-refractivity contribution is 5.71. The van der Waals surface area contributed by atoms with Crippen molar-refractivity contribution in [3.63, 3.8) is 0 Å². The maximum absolute atomic E-state index is 12.5. The molecule has 1 fully saturated rings. The van der Waals surface area contributed by atoms with E-state index in [-0.39, 0.29) is 22.9 Å². The molecule has 0 spiro atoms. The molecule has 3 aromatic rings. The highest BCUT2D eigenvalue weighted by atomic mass is 16.5. The molecule has 4 heterocycles. The molecular formula is C21H28N6O4. The number of hydrogen-bond donors (Lipinski definition) is 2. The van der Waals surface area contributed by atoms with Crippen LogP contribution < -0.4 is 5.56 Å². The molecule has 0 aromatic carbocycles. The summed E-state index contributed by atoms with van der Waals surface area (Å²) in [5.74, 6) is 0.930. The number of carbonyl (C=O) groups is 1. The van der Waals surface area contributed by atoms with Crippen LogP contribution in [-0.4, -0.2) is 53.4 Å². The van der Waals surface area contributed by atoms with Gasteiger partial charge in [-0.2, -0.15) is 10.1 Å². The molecule has 0 saturated carbocycles. The molecule has 10 heteroatoms. The van der Waals surface area contributed by atoms with Gasteiger partial charge in [-0.3, -0.25) is 4.79 Å². The van der Waals surface area contributed by atoms with Crippen molar-refractivity contribution in [3.05, 3.63) is 34.1 Å². The van der Waals surface area contributed by atoms with Gasteiger partial charge < -0.3 is 19.5 Å². The molecular weight excluding hydrogens is 400 g/mol. The van der Waals surface area contributed by atoms with Crippen LogP contribution in [0, 0.1) is 5.41 Å². The Morgan fingerprint density at radius 3 is 2.84 bits per heavy atom. The molecule has 31 heavy (non-hydrogen) atoms. The SMILES string of the molecule is CCCc1noc(-c2cnn3c(C4CCN(C(=O)O)C(C(C)(C)C)C4)cc(=O)[nH]c23)n1. The maximum atomic E-state index is 12.5. The van der Waals surface area contributed by atoms with Crippen LogP contribution in [-0.2, 0) is 6.42 Å². The van der Waals surface area contributed by atoms with Crippen molar-refractivity contribution in [2.75, 3.05) is 6.54 Å². The maximum Gasteiger partial charge on any atom is 0.407 e. The van der Waals surface area contributed by atoms with Crippen LogP contribution in [0.2, 0.25) is 0 Å². The lowest BCUT2D eigenvalue weighted by Gasteiger charge is -2.44. The van der Waals surface area contributed by atoms with Crippen molar-refractivity contribution in [3.8, 4) is 11.5 Å². The fourth-order valence-corrected chi connectivity index (χ4v) is 4.43. The van der Waals surface area contributed by atoms with Crippen molar-refractivity contribution in [1.82, 2.24) is 29.6 Å². The molecule has 166 valence electrons. The van der Waals surface area contributed by atoms with Gasteiger partial charge in [0.05, 0.1) is 11.9 Å². The number of piperidine rings is 1. The molecule has 2 atom stereocenters. The Kier molecular flexibility index (Phi) is 5.32. The van der Waals surface area contributed by atoms with E-state index >= 15 is 0 Å². The van der Waals surface area contributed by atoms with Crippen LogP contribution in [0.3, 0.4) is 0 Å². The van der Waals surface area contributed by atoms with E-state index in [1.807, 2.05) is 27.7 Å². The van der Waals surface area contributed by atoms with Gasteiger partial charge in [-0.25, -0.2) is 9.31 Å². The second-order valence-electron chi connectivity index (χ2n) is 9.22. The van der Waals surface area contributed by atoms with Gasteiger partial charge in [-0.05, 0) is 24.7 Å². The van der Waals surface area contributed by atoms with Crippen molar-refractivity contribution in [2.24, 2.45) is 5.41 Å². The number of aromatic amines is 1. The molecule has 1 aliphatic heterocycles. The average molecular weight is 428 g/mol. The Bertz CT molecular complexity index is 1150. The second-order valence-corrected chi connectivity index (χ2v) is 9.22. The summed E-state index contributed by atoms with van der Waals surface area (Å²) in [4.78, 5) is 33.0. The van der Waals surface area contributed by atoms with Crippen molar-refractivity contribution in [2.45, 2.75) is 65.3 Å². The van der Waals surface area contributed by atoms with Crippen molar-refractivity contribution in [1.29, 1.82) is 0 Å². The Balaban J connectivity index is 1.74. The fourth-order valence-electron chi connectivity index (χ4n) is 4.43. The third-order valence-corrected chi connectivity index (χ3v) is 5.97. The van der Waals surface area contributed by atoms with Gasteiger partial charge in [0.2, 0.25) is 0 Å². The van der Waals surface area contributed by atoms with Gasteiger partial charge in [0, 0.05) is 31.0 Å². The minimum Gasteiger partial charge on any atom is -0.465 e. The van der Waals surface area contributed by atoms with E-state index in [0.717, 1.165) is 12.1 Å². The molecule has 3 aromatic heterocycles. The minimum atomic E-state index is -0.907. The molecule has 2 unspecified atom stereocenters. The molecule has 0 radical (unpaired) electrons. The number of aromatic nitrogens is 5. The lowest BCUT2D eigenvalue weighted by Crippen LogP contribution is -2.51. The Morgan fingerprint density at radius 1 is 1.39 bits per heavy atom. The standard InChI is InChI=1S/C21H28N6O4/c1-5-6-16-23-19(31-25-16)13-11-22-27-14(10-17(28)24-18(13)27)12-7-8-26(20(29)30)15(9-12)21(2,3)4/h10-12,15H,5-9H2,1-4H3,(H,24,28)(H,29,30). The highest BCUT2D eigenvalue weighted by Crippen LogP contribution is 2.39. The largest absolute Gasteiger partial charge is 0.465 e. The summed E-state index contributed by atoms with van der Waals surface area (Å²) in [6.45, 7) is 8.57. The van der Waals surface area contributed by atoms with Crippen LogP contribution in [0.25, 0.3) is 17.1 Å². The minimum absolute atomic E-state index is 0.00397. The topological polar surface area (TPSA) is 130 Å². The quantitative estimate of drug-likeness (QED) is 0.652. The lowest BCUT2D eigenvalue weighted by molar-refractivity contribution is 0.0518. The fraction of sp³-hybridized carbons (Fsp3) is 0.571. The molecule has 1 saturated heterocycles. The van der Waals surface area contributed by atoms with E-state index in [4.69, 9.17) is 4.52 Å². The van der Waals surface area contributed by atoms with E-state index in [0.29, 0.717) is 48.7 Å². The van der Waals surface area contributed by atoms with Crippen LogP contribution in [0.15, 0.2) is 21.6 Å². The molecule has 1 amide bonds. The van der Waals surface area contributed by atoms with Gasteiger partial charge in [-0.1, -0.05) is 32.9 Å². The number of nitrogens with zero attached hydrogens (tertiary/aromatic N) is 5. The van der Waals surface area contributed by atoms with Gasteiger partial charge in [0.15, 0.2) is 5.82 Å². The molecule has 0 bridgehead atoms. The number of nitrogens with one attached hydrogen (secondary N) is 1. The number of H-pyrrole nitrogens is 1. The predicted octanol–water partition coefficient (Wildman–Crippen LogP) is 3.30. The van der Waals surface area contributed by atoms with E-state index in [2.05, 4.69) is 20.2 Å². The predicted molar refractivity (Wildman–Crippen MR) is 113 cm³/mol. The average Bonchev–Trinajstić information content (AvgIpc) is 3.33. The zero-order valence-corrected chi connectivity index (χ0v) is 18.3. The summed E-state index contributed by atoms with van der Waals surface area (Å²) in [6, 6.07) is 1.39. The first kappa shape index (κ1) is 21.1. The smallest absolute Gasteiger partial charge is 0.407 e. The monoisotopic (exact) mass is 428 g/mol. The van der Waals surface area contributed by atoms with Gasteiger partial charge in [0.25, 0.3) is 11.4 Å². The molecule has 4 rings (SSSR count). The van der Waals surface area contributed by atoms with Crippen LogP contribution in [0.4, 0.5) is 4.79 Å². The Morgan fingerprint density at radius 2 is 2.16 bits per heavy atom. The zero-order valence-electron chi connectivity index (χ0n) is 18.3. The number of likely N-dealkylation sites (tertiary alicyclic amines) is 1. The first-order valence-electron chi connectivity index (χ1n) is 10.6. The Hall–Kier alpha value is -3.17. The van der Waals surface area contributed by atoms with Crippen LogP contribution >= 0.6 is 0 Å². The lowest BCUT2D eigenvalue weighted by atomic mass is 9.76. The van der Waals surface area contributed by atoms with Gasteiger partial charge in [-0.15, -0.1) is 0 Å². The second kappa shape index (κ2) is 7.82. The van der Waals surface area contributed by atoms with Gasteiger partial charge >= 0.3 is 6.09 Å². The van der Waals surface area contributed by atoms with E-state index in [9.17, 15) is 14.7 Å². The number of fused-ring (bicyclic) bond motifs is 1. The normalized spacial score (nSPS) is 19.8. The first-order chi connectivity index (χ1) is 14.7. The summed E-state index contributed by atoms with van der Waals surface area (Å²) >= 11 is 0. The summed E-state index contributed by atoms with van der Waals surface area (Å²) in [7, 11) is 0. The van der Waals surface area contributed by atoms with Crippen molar-refractivity contribution < 1.29 is 14.4 Å². The van der Waals surface area contributed by atoms with E-state index < -0.39 is 6.09 Å². The summed E-state index contributed by atoms with van der Waals surface area (Å²) in [5.41, 5.74) is 1.36. The number of hydrogen-bond acceptors (Lipinski definition) is 6. The van der Waals surface area contributed by atoms with Gasteiger partial charge in [0.1, 0.15) is 11.2 Å². The number of carboxylic acid groups (broad SMARTS) is 1. The molecule has 1 aliphatic rings. The summed E-state index contributed by atoms with van der Waals surface area (Å²) < 4.78 is 7.10. The number of rotatable bonds is 4. The molecule has 0 aliphatic carbocycles. The molecule has 2 N–H and O–H groups in total. The number of aryl methyl sites for hydroxylation is 1. The third-order valence-electron chi connectivity index (χ3n) is 5.97. The summed E-state index contributed by atoms with van der Waals surface area (Å²) in [6.07, 6.45) is 3.55. The van der Waals surface area contributed by atoms with Crippen LogP contribution in [0.5, 0.6) is 0 Å². The summed E-state index contributed by atoms with van der Waals surface area (Å²) in [5, 5.41) is 18.1. The highest BCUT2D eigenvalue weighted by Gasteiger charge is 2.40. The molecule has 10 nitrogen and oxygen atoms in total. The van der Waals surface area contributed by atoms with Crippen LogP contribution in [0.1, 0.15) is 64.4 Å². The zero-order chi connectivity index (χ0) is 22.3.